The van der Waals surface area contributed by atoms with Crippen LogP contribution in [0.4, 0.5) is 0 Å². The van der Waals surface area contributed by atoms with Gasteiger partial charge in [-0.2, -0.15) is 5.26 Å². The molecule has 0 saturated carbocycles. The van der Waals surface area contributed by atoms with Crippen LogP contribution in [0.1, 0.15) is 33.6 Å². The molecule has 0 radical (unpaired) electrons. The van der Waals surface area contributed by atoms with Crippen LogP contribution >= 0.6 is 0 Å². The van der Waals surface area contributed by atoms with E-state index in [4.69, 9.17) is 10.4 Å². The highest BCUT2D eigenvalue weighted by Crippen LogP contribution is 2.21. The third-order valence-corrected chi connectivity index (χ3v) is 3.39. The number of nitrogens with zero attached hydrogens (tertiary/aromatic N) is 2. The van der Waals surface area contributed by atoms with E-state index in [9.17, 15) is 9.59 Å². The molecule has 2 atom stereocenters. The average Bonchev–Trinajstić information content (AvgIpc) is 2.26. The number of carbonyl (C=O) groups excluding carboxylic acids is 1. The summed E-state index contributed by atoms with van der Waals surface area (Å²) in [6.45, 7) is 6.98. The van der Waals surface area contributed by atoms with Crippen molar-refractivity contribution in [1.82, 2.24) is 10.2 Å². The number of hydrogen-bond donors (Lipinski definition) is 2. The van der Waals surface area contributed by atoms with Gasteiger partial charge in [-0.05, 0) is 12.3 Å². The molecule has 0 aromatic rings. The first-order valence-corrected chi connectivity index (χ1v) is 6.84. The van der Waals surface area contributed by atoms with Crippen LogP contribution in [0.3, 0.4) is 0 Å². The summed E-state index contributed by atoms with van der Waals surface area (Å²) < 4.78 is 0. The van der Waals surface area contributed by atoms with E-state index in [0.717, 1.165) is 0 Å². The fraction of sp³-hybridized carbons (Fsp3) is 0.786. The summed E-state index contributed by atoms with van der Waals surface area (Å²) in [5.41, 5.74) is -0.472. The molecule has 1 saturated heterocycles. The highest BCUT2D eigenvalue weighted by Gasteiger charge is 2.31. The average molecular weight is 281 g/mol. The molecule has 2 N–H and O–H groups in total. The van der Waals surface area contributed by atoms with Gasteiger partial charge in [0.25, 0.3) is 0 Å². The molecule has 1 rings (SSSR count). The fourth-order valence-corrected chi connectivity index (χ4v) is 2.43. The molecule has 0 spiro atoms. The minimum Gasteiger partial charge on any atom is -0.481 e. The Balaban J connectivity index is 2.67. The summed E-state index contributed by atoms with van der Waals surface area (Å²) in [6.07, 6.45) is 0.722. The van der Waals surface area contributed by atoms with Crippen molar-refractivity contribution >= 4 is 11.9 Å². The molecule has 1 aliphatic rings. The van der Waals surface area contributed by atoms with Gasteiger partial charge in [0.15, 0.2) is 0 Å². The second kappa shape index (κ2) is 6.71. The topological polar surface area (TPSA) is 93.4 Å². The lowest BCUT2D eigenvalue weighted by Crippen LogP contribution is -2.53. The number of carboxylic acids is 1. The molecule has 1 aliphatic heterocycles. The van der Waals surface area contributed by atoms with Crippen molar-refractivity contribution in [3.05, 3.63) is 0 Å². The van der Waals surface area contributed by atoms with Gasteiger partial charge in [0.1, 0.15) is 0 Å². The number of carboxylic acid groups (broad SMARTS) is 1. The lowest BCUT2D eigenvalue weighted by molar-refractivity contribution is -0.138. The summed E-state index contributed by atoms with van der Waals surface area (Å²) in [5.74, 6) is -0.912. The van der Waals surface area contributed by atoms with Crippen LogP contribution in [0.15, 0.2) is 0 Å². The SMILES string of the molecule is CC(C)(C)C(=O)NC1CC(CC(=O)O)CN(CC#N)C1. The van der Waals surface area contributed by atoms with Crippen molar-refractivity contribution in [1.29, 1.82) is 5.26 Å². The van der Waals surface area contributed by atoms with E-state index in [1.807, 2.05) is 25.7 Å². The molecular formula is C14H23N3O3. The number of amides is 1. The Bertz CT molecular complexity index is 409. The van der Waals surface area contributed by atoms with Crippen LogP contribution in [0.25, 0.3) is 0 Å². The normalized spacial score (nSPS) is 23.9. The van der Waals surface area contributed by atoms with Crippen LogP contribution in [0.5, 0.6) is 0 Å². The van der Waals surface area contributed by atoms with Crippen LogP contribution in [0, 0.1) is 22.7 Å². The number of carbonyl (C=O) groups is 2. The van der Waals surface area contributed by atoms with Gasteiger partial charge in [0.2, 0.25) is 5.91 Å². The number of nitrogens with one attached hydrogen (secondary N) is 1. The van der Waals surface area contributed by atoms with Crippen molar-refractivity contribution in [3.8, 4) is 6.07 Å². The predicted octanol–water partition coefficient (Wildman–Crippen LogP) is 0.837. The van der Waals surface area contributed by atoms with Crippen molar-refractivity contribution < 1.29 is 14.7 Å². The van der Waals surface area contributed by atoms with E-state index in [2.05, 4.69) is 11.4 Å². The molecule has 0 aromatic carbocycles. The molecule has 1 fully saturated rings. The Morgan fingerprint density at radius 1 is 1.40 bits per heavy atom. The first kappa shape index (κ1) is 16.4. The maximum atomic E-state index is 12.0. The van der Waals surface area contributed by atoms with E-state index in [1.165, 1.54) is 0 Å². The van der Waals surface area contributed by atoms with Crippen molar-refractivity contribution in [2.75, 3.05) is 19.6 Å². The Hall–Kier alpha value is -1.61. The van der Waals surface area contributed by atoms with Crippen molar-refractivity contribution in [2.24, 2.45) is 11.3 Å². The Labute approximate surface area is 119 Å². The largest absolute Gasteiger partial charge is 0.481 e. The number of aliphatic carboxylic acids is 1. The summed E-state index contributed by atoms with van der Waals surface area (Å²) in [5, 5.41) is 20.7. The fourth-order valence-electron chi connectivity index (χ4n) is 2.43. The number of piperidine rings is 1. The van der Waals surface area contributed by atoms with Gasteiger partial charge < -0.3 is 10.4 Å². The third-order valence-electron chi connectivity index (χ3n) is 3.39. The van der Waals surface area contributed by atoms with Crippen LogP contribution in [-0.2, 0) is 9.59 Å². The van der Waals surface area contributed by atoms with E-state index in [1.54, 1.807) is 0 Å². The zero-order valence-electron chi connectivity index (χ0n) is 12.3. The standard InChI is InChI=1S/C14H23N3O3/c1-14(2,3)13(20)16-11-6-10(7-12(18)19)8-17(9-11)5-4-15/h10-11H,5-9H2,1-3H3,(H,16,20)(H,18,19). The molecule has 0 aromatic heterocycles. The Morgan fingerprint density at radius 3 is 2.55 bits per heavy atom. The van der Waals surface area contributed by atoms with Crippen LogP contribution < -0.4 is 5.32 Å². The Kier molecular flexibility index (Phi) is 5.52. The Morgan fingerprint density at radius 2 is 2.05 bits per heavy atom. The molecule has 0 bridgehead atoms. The highest BCUT2D eigenvalue weighted by atomic mass is 16.4. The number of nitriles is 1. The monoisotopic (exact) mass is 281 g/mol. The number of likely N-dealkylation sites (tertiary alicyclic amines) is 1. The number of rotatable bonds is 4. The molecule has 6 nitrogen and oxygen atoms in total. The zero-order valence-corrected chi connectivity index (χ0v) is 12.3. The molecule has 1 amide bonds. The molecule has 2 unspecified atom stereocenters. The minimum atomic E-state index is -0.838. The van der Waals surface area contributed by atoms with E-state index in [-0.39, 0.29) is 30.8 Å². The van der Waals surface area contributed by atoms with Gasteiger partial charge in [0.05, 0.1) is 12.6 Å². The lowest BCUT2D eigenvalue weighted by Gasteiger charge is -2.37. The molecule has 112 valence electrons. The zero-order chi connectivity index (χ0) is 15.3. The lowest BCUT2D eigenvalue weighted by atomic mass is 9.89. The highest BCUT2D eigenvalue weighted by molar-refractivity contribution is 5.81. The van der Waals surface area contributed by atoms with Gasteiger partial charge >= 0.3 is 5.97 Å². The van der Waals surface area contributed by atoms with Gasteiger partial charge in [-0.25, -0.2) is 0 Å². The van der Waals surface area contributed by atoms with E-state index >= 15 is 0 Å². The van der Waals surface area contributed by atoms with Crippen molar-refractivity contribution in [3.63, 3.8) is 0 Å². The maximum absolute atomic E-state index is 12.0. The molecular weight excluding hydrogens is 258 g/mol. The van der Waals surface area contributed by atoms with Gasteiger partial charge in [-0.1, -0.05) is 20.8 Å². The maximum Gasteiger partial charge on any atom is 0.303 e. The third kappa shape index (κ3) is 5.17. The van der Waals surface area contributed by atoms with E-state index < -0.39 is 11.4 Å². The molecule has 6 heteroatoms. The minimum absolute atomic E-state index is 0.0279. The smallest absolute Gasteiger partial charge is 0.303 e. The molecule has 20 heavy (non-hydrogen) atoms. The second-order valence-electron chi connectivity index (χ2n) is 6.47. The molecule has 1 heterocycles. The second-order valence-corrected chi connectivity index (χ2v) is 6.47. The molecule has 0 aliphatic carbocycles. The van der Waals surface area contributed by atoms with Crippen LogP contribution in [-0.4, -0.2) is 47.6 Å². The summed E-state index contributed by atoms with van der Waals surface area (Å²) in [4.78, 5) is 24.8. The van der Waals surface area contributed by atoms with E-state index in [0.29, 0.717) is 19.5 Å². The first-order chi connectivity index (χ1) is 9.22. The summed E-state index contributed by atoms with van der Waals surface area (Å²) in [7, 11) is 0. The van der Waals surface area contributed by atoms with Gasteiger partial charge in [-0.15, -0.1) is 0 Å². The number of hydrogen-bond acceptors (Lipinski definition) is 4. The quantitative estimate of drug-likeness (QED) is 0.745. The van der Waals surface area contributed by atoms with Gasteiger partial charge in [0, 0.05) is 31.0 Å². The van der Waals surface area contributed by atoms with Crippen molar-refractivity contribution in [2.45, 2.75) is 39.7 Å². The summed E-state index contributed by atoms with van der Waals surface area (Å²) in [6, 6.07) is 1.99. The summed E-state index contributed by atoms with van der Waals surface area (Å²) >= 11 is 0. The predicted molar refractivity (Wildman–Crippen MR) is 73.8 cm³/mol. The van der Waals surface area contributed by atoms with Crippen LogP contribution in [0.2, 0.25) is 0 Å². The van der Waals surface area contributed by atoms with Gasteiger partial charge in [-0.3, -0.25) is 14.5 Å². The first-order valence-electron chi connectivity index (χ1n) is 6.84.